The number of likely N-dealkylation sites (tertiary alicyclic amines) is 1. The highest BCUT2D eigenvalue weighted by Gasteiger charge is 2.38. The maximum atomic E-state index is 10.6. The first-order valence-corrected chi connectivity index (χ1v) is 13.4. The van der Waals surface area contributed by atoms with E-state index in [1.54, 1.807) is 7.11 Å². The summed E-state index contributed by atoms with van der Waals surface area (Å²) in [5.41, 5.74) is 9.26. The molecule has 2 unspecified atom stereocenters. The van der Waals surface area contributed by atoms with Crippen LogP contribution in [0.1, 0.15) is 43.2 Å². The number of aryl methyl sites for hydroxylation is 2. The van der Waals surface area contributed by atoms with Gasteiger partial charge in [-0.3, -0.25) is 0 Å². The molecule has 1 aliphatic heterocycles. The average Bonchev–Trinajstić information content (AvgIpc) is 2.92. The van der Waals surface area contributed by atoms with Gasteiger partial charge in [0.05, 0.1) is 39.3 Å². The van der Waals surface area contributed by atoms with Gasteiger partial charge < -0.3 is 30.0 Å². The molecule has 0 bridgehead atoms. The summed E-state index contributed by atoms with van der Waals surface area (Å²) < 4.78 is 69.8. The predicted molar refractivity (Wildman–Crippen MR) is 142 cm³/mol. The van der Waals surface area contributed by atoms with Crippen LogP contribution in [0.3, 0.4) is 0 Å². The first kappa shape index (κ1) is 36.7. The molecule has 13 heteroatoms. The molecule has 0 spiro atoms. The van der Waals surface area contributed by atoms with Crippen LogP contribution in [-0.2, 0) is 22.4 Å². The number of unbranched alkanes of at least 4 members (excludes halogenated alkanes) is 1. The Labute approximate surface area is 241 Å². The minimum absolute atomic E-state index is 0.379. The van der Waals surface area contributed by atoms with E-state index in [9.17, 15) is 26.3 Å². The van der Waals surface area contributed by atoms with Crippen molar-refractivity contribution in [3.8, 4) is 5.75 Å². The first-order chi connectivity index (χ1) is 19.6. The number of nitrogens with zero attached hydrogens (tertiary/aromatic N) is 1. The molecule has 42 heavy (non-hydrogen) atoms. The van der Waals surface area contributed by atoms with Crippen LogP contribution in [0.15, 0.2) is 54.6 Å². The normalized spacial score (nSPS) is 18.5. The number of aliphatic carboxylic acids is 2. The molecule has 7 nitrogen and oxygen atoms in total. The van der Waals surface area contributed by atoms with Gasteiger partial charge in [0.1, 0.15) is 11.7 Å². The summed E-state index contributed by atoms with van der Waals surface area (Å²) in [7, 11) is 1.72. The monoisotopic (exact) mass is 608 g/mol. The van der Waals surface area contributed by atoms with Crippen molar-refractivity contribution in [2.24, 2.45) is 5.73 Å². The second kappa shape index (κ2) is 17.6. The molecule has 0 radical (unpaired) electrons. The Kier molecular flexibility index (Phi) is 15.4. The van der Waals surface area contributed by atoms with Crippen LogP contribution in [0.25, 0.3) is 0 Å². The average molecular weight is 609 g/mol. The zero-order chi connectivity index (χ0) is 31.8. The largest absolute Gasteiger partial charge is 0.542 e. The topological polar surface area (TPSA) is 113 Å². The van der Waals surface area contributed by atoms with Gasteiger partial charge >= 0.3 is 18.3 Å². The number of halogens is 6. The third-order valence-corrected chi connectivity index (χ3v) is 6.75. The summed E-state index contributed by atoms with van der Waals surface area (Å²) in [4.78, 5) is 17.7. The van der Waals surface area contributed by atoms with Crippen LogP contribution < -0.4 is 15.6 Å². The molecule has 3 rings (SSSR count). The second-order valence-electron chi connectivity index (χ2n) is 10.1. The Balaban J connectivity index is 0.000000522. The molecule has 2 aromatic rings. The number of ether oxygens (including phenoxy) is 1. The number of quaternary nitrogens is 1. The van der Waals surface area contributed by atoms with E-state index in [1.807, 2.05) is 0 Å². The number of rotatable bonds is 10. The molecule has 2 atom stereocenters. The fourth-order valence-corrected chi connectivity index (χ4v) is 4.72. The van der Waals surface area contributed by atoms with Crippen LogP contribution in [-0.4, -0.2) is 73.2 Å². The molecule has 0 aromatic heterocycles. The highest BCUT2D eigenvalue weighted by Crippen LogP contribution is 2.22. The number of hydrogen-bond acceptors (Lipinski definition) is 5. The smallest absolute Gasteiger partial charge is 0.490 e. The number of benzene rings is 2. The van der Waals surface area contributed by atoms with E-state index >= 15 is 0 Å². The summed E-state index contributed by atoms with van der Waals surface area (Å²) in [5.74, 6) is -4.83. The third kappa shape index (κ3) is 15.1. The molecular formula is C29H38F6N2O5. The number of piperidine rings is 1. The standard InChI is InChI=1S/C25H37N2O.2C2HF3O2/c1-28-25-16-14-23(15-17-25)12-7-19-27(20-8-13-24(26)21-27)18-6-5-11-22-9-3-2-4-10-22;2*3-2(4,5)1(6)7/h2-4,9-10,14-17,24H,5-8,11-13,18-21,26H2,1H3;2*(H,6,7)/q+1;;/p-1. The molecule has 0 saturated carbocycles. The van der Waals surface area contributed by atoms with Gasteiger partial charge in [0.2, 0.25) is 0 Å². The first-order valence-electron chi connectivity index (χ1n) is 13.4. The lowest BCUT2D eigenvalue weighted by atomic mass is 10.00. The molecular weight excluding hydrogens is 570 g/mol. The number of carbonyl (C=O) groups is 2. The zero-order valence-electron chi connectivity index (χ0n) is 23.4. The van der Waals surface area contributed by atoms with Gasteiger partial charge in [-0.2, -0.15) is 26.3 Å². The Hall–Kier alpha value is -3.32. The third-order valence-electron chi connectivity index (χ3n) is 6.75. The minimum Gasteiger partial charge on any atom is -0.542 e. The van der Waals surface area contributed by atoms with Gasteiger partial charge in [0.15, 0.2) is 0 Å². The molecule has 236 valence electrons. The van der Waals surface area contributed by atoms with Crippen molar-refractivity contribution in [3.05, 3.63) is 65.7 Å². The summed E-state index contributed by atoms with van der Waals surface area (Å²) in [5, 5.41) is 15.9. The lowest BCUT2D eigenvalue weighted by molar-refractivity contribution is -0.933. The molecule has 0 amide bonds. The van der Waals surface area contributed by atoms with Crippen LogP contribution in [0.5, 0.6) is 5.75 Å². The summed E-state index contributed by atoms with van der Waals surface area (Å²) in [6, 6.07) is 19.8. The Bertz CT molecular complexity index is 1040. The lowest BCUT2D eigenvalue weighted by Gasteiger charge is -2.44. The Morgan fingerprint density at radius 2 is 1.40 bits per heavy atom. The van der Waals surface area contributed by atoms with Crippen molar-refractivity contribution >= 4 is 11.9 Å². The van der Waals surface area contributed by atoms with Crippen LogP contribution >= 0.6 is 0 Å². The molecule has 2 aromatic carbocycles. The number of alkyl halides is 6. The number of methoxy groups -OCH3 is 1. The molecule has 1 aliphatic rings. The maximum Gasteiger partial charge on any atom is 0.490 e. The van der Waals surface area contributed by atoms with E-state index in [1.165, 1.54) is 73.8 Å². The van der Waals surface area contributed by atoms with Crippen molar-refractivity contribution in [2.75, 3.05) is 33.3 Å². The SMILES string of the molecule is COc1ccc(CCC[N+]2(CCCCc3ccccc3)CCCC(N)C2)cc1.O=C(O)C(F)(F)F.O=C([O-])C(F)(F)F. The highest BCUT2D eigenvalue weighted by atomic mass is 19.4. The van der Waals surface area contributed by atoms with Gasteiger partial charge in [-0.05, 0) is 61.8 Å². The molecule has 1 heterocycles. The van der Waals surface area contributed by atoms with E-state index in [0.717, 1.165) is 18.7 Å². The number of hydrogen-bond donors (Lipinski definition) is 2. The molecule has 1 saturated heterocycles. The lowest BCUT2D eigenvalue weighted by Crippen LogP contribution is -2.58. The van der Waals surface area contributed by atoms with Gasteiger partial charge in [0, 0.05) is 6.42 Å². The van der Waals surface area contributed by atoms with Gasteiger partial charge in [0.25, 0.3) is 0 Å². The van der Waals surface area contributed by atoms with Crippen LogP contribution in [0.4, 0.5) is 26.3 Å². The van der Waals surface area contributed by atoms with Gasteiger partial charge in [-0.1, -0.05) is 42.5 Å². The number of nitrogens with two attached hydrogens (primary N) is 1. The van der Waals surface area contributed by atoms with Crippen LogP contribution in [0, 0.1) is 0 Å². The fourth-order valence-electron chi connectivity index (χ4n) is 4.72. The van der Waals surface area contributed by atoms with Crippen molar-refractivity contribution in [1.29, 1.82) is 0 Å². The maximum absolute atomic E-state index is 10.6. The van der Waals surface area contributed by atoms with Crippen molar-refractivity contribution < 1.29 is 55.4 Å². The van der Waals surface area contributed by atoms with Crippen molar-refractivity contribution in [3.63, 3.8) is 0 Å². The van der Waals surface area contributed by atoms with E-state index < -0.39 is 24.3 Å². The fraction of sp³-hybridized carbons (Fsp3) is 0.517. The Morgan fingerprint density at radius 3 is 1.88 bits per heavy atom. The van der Waals surface area contributed by atoms with Crippen molar-refractivity contribution in [2.45, 2.75) is 63.3 Å². The Morgan fingerprint density at radius 1 is 0.905 bits per heavy atom. The summed E-state index contributed by atoms with van der Waals surface area (Å²) in [6.45, 7) is 5.00. The quantitative estimate of drug-likeness (QED) is 0.233. The number of carbonyl (C=O) groups excluding carboxylic acids is 1. The van der Waals surface area contributed by atoms with Gasteiger partial charge in [-0.15, -0.1) is 0 Å². The van der Waals surface area contributed by atoms with Gasteiger partial charge in [-0.25, -0.2) is 4.79 Å². The molecule has 0 aliphatic carbocycles. The zero-order valence-corrected chi connectivity index (χ0v) is 23.4. The number of carboxylic acid groups (broad SMARTS) is 2. The minimum atomic E-state index is -5.19. The van der Waals surface area contributed by atoms with Crippen LogP contribution in [0.2, 0.25) is 0 Å². The number of carboxylic acids is 2. The molecule has 1 fully saturated rings. The van der Waals surface area contributed by atoms with E-state index in [4.69, 9.17) is 30.3 Å². The summed E-state index contributed by atoms with van der Waals surface area (Å²) >= 11 is 0. The highest BCUT2D eigenvalue weighted by molar-refractivity contribution is 5.73. The van der Waals surface area contributed by atoms with E-state index in [0.29, 0.717) is 6.04 Å². The predicted octanol–water partition coefficient (Wildman–Crippen LogP) is 4.52. The van der Waals surface area contributed by atoms with E-state index in [-0.39, 0.29) is 0 Å². The van der Waals surface area contributed by atoms with Crippen molar-refractivity contribution in [1.82, 2.24) is 0 Å². The van der Waals surface area contributed by atoms with E-state index in [2.05, 4.69) is 54.6 Å². The summed E-state index contributed by atoms with van der Waals surface area (Å²) in [6.07, 6.45) is -1.66. The second-order valence-corrected chi connectivity index (χ2v) is 10.1. The molecule has 3 N–H and O–H groups in total.